The average molecular weight is 260 g/mol. The molecule has 2 aromatic carbocycles. The molecule has 0 heterocycles. The van der Waals surface area contributed by atoms with E-state index in [1.165, 1.54) is 0 Å². The van der Waals surface area contributed by atoms with Crippen LogP contribution in [0.5, 0.6) is 5.75 Å². The van der Waals surface area contributed by atoms with Crippen LogP contribution in [0.1, 0.15) is 23.2 Å². The van der Waals surface area contributed by atoms with Gasteiger partial charge in [-0.15, -0.1) is 0 Å². The molecule has 2 aromatic rings. The number of ether oxygens (including phenoxy) is 1. The highest BCUT2D eigenvalue weighted by molar-refractivity contribution is 5.97. The Balaban J connectivity index is 2.28. The van der Waals surface area contributed by atoms with Crippen LogP contribution in [0, 0.1) is 0 Å². The van der Waals surface area contributed by atoms with Gasteiger partial charge in [0.15, 0.2) is 0 Å². The summed E-state index contributed by atoms with van der Waals surface area (Å²) < 4.78 is 5.52. The molecule has 2 rings (SSSR count). The lowest BCUT2D eigenvalue weighted by Gasteiger charge is -2.10. The highest BCUT2D eigenvalue weighted by Gasteiger charge is 2.12. The van der Waals surface area contributed by atoms with Crippen molar-refractivity contribution in [2.45, 2.75) is 12.8 Å². The first-order chi connectivity index (χ1) is 9.22. The number of carbonyl (C=O) groups is 1. The summed E-state index contributed by atoms with van der Waals surface area (Å²) in [4.78, 5) is 11.2. The molecule has 0 amide bonds. The number of fused-ring (bicyclic) bond motifs is 1. The number of hydrogen-bond donors (Lipinski definition) is 2. The molecule has 19 heavy (non-hydrogen) atoms. The van der Waals surface area contributed by atoms with E-state index in [2.05, 4.69) is 0 Å². The minimum Gasteiger partial charge on any atom is -0.493 e. The number of rotatable bonds is 6. The van der Waals surface area contributed by atoms with Gasteiger partial charge in [-0.05, 0) is 35.7 Å². The third kappa shape index (κ3) is 3.23. The zero-order valence-corrected chi connectivity index (χ0v) is 10.5. The molecule has 0 saturated heterocycles. The summed E-state index contributed by atoms with van der Waals surface area (Å²) in [5, 5.41) is 19.7. The summed E-state index contributed by atoms with van der Waals surface area (Å²) >= 11 is 0. The van der Waals surface area contributed by atoms with Crippen molar-refractivity contribution in [1.29, 1.82) is 0 Å². The molecule has 0 aliphatic carbocycles. The van der Waals surface area contributed by atoms with E-state index in [0.29, 0.717) is 25.2 Å². The first-order valence-electron chi connectivity index (χ1n) is 6.22. The summed E-state index contributed by atoms with van der Waals surface area (Å²) in [5.41, 5.74) is 0.169. The maximum atomic E-state index is 11.2. The summed E-state index contributed by atoms with van der Waals surface area (Å²) in [6, 6.07) is 10.9. The Labute approximate surface area is 111 Å². The van der Waals surface area contributed by atoms with Crippen molar-refractivity contribution in [1.82, 2.24) is 0 Å². The van der Waals surface area contributed by atoms with E-state index >= 15 is 0 Å². The van der Waals surface area contributed by atoms with E-state index in [4.69, 9.17) is 9.84 Å². The Morgan fingerprint density at radius 3 is 2.42 bits per heavy atom. The quantitative estimate of drug-likeness (QED) is 0.784. The van der Waals surface area contributed by atoms with Gasteiger partial charge in [0, 0.05) is 6.61 Å². The van der Waals surface area contributed by atoms with Crippen LogP contribution in [0.2, 0.25) is 0 Å². The molecule has 2 N–H and O–H groups in total. The maximum absolute atomic E-state index is 11.2. The second kappa shape index (κ2) is 6.20. The zero-order chi connectivity index (χ0) is 13.7. The standard InChI is InChI=1S/C15H16O4/c16-7-3-4-8-19-14-10-12-6-2-1-5-11(12)9-13(14)15(17)18/h1-2,5-6,9-10,16H,3-4,7-8H2,(H,17,18). The van der Waals surface area contributed by atoms with Gasteiger partial charge >= 0.3 is 5.97 Å². The molecular formula is C15H16O4. The molecule has 0 atom stereocenters. The molecule has 100 valence electrons. The van der Waals surface area contributed by atoms with Gasteiger partial charge in [-0.25, -0.2) is 4.79 Å². The van der Waals surface area contributed by atoms with Crippen molar-refractivity contribution in [2.24, 2.45) is 0 Å². The van der Waals surface area contributed by atoms with Gasteiger partial charge in [0.2, 0.25) is 0 Å². The van der Waals surface area contributed by atoms with Crippen molar-refractivity contribution < 1.29 is 19.7 Å². The summed E-state index contributed by atoms with van der Waals surface area (Å²) in [6.45, 7) is 0.520. The van der Waals surface area contributed by atoms with Gasteiger partial charge in [0.1, 0.15) is 11.3 Å². The fourth-order valence-corrected chi connectivity index (χ4v) is 1.90. The van der Waals surface area contributed by atoms with Crippen LogP contribution >= 0.6 is 0 Å². The van der Waals surface area contributed by atoms with E-state index in [-0.39, 0.29) is 12.2 Å². The average Bonchev–Trinajstić information content (AvgIpc) is 2.42. The molecule has 0 radical (unpaired) electrons. The highest BCUT2D eigenvalue weighted by atomic mass is 16.5. The van der Waals surface area contributed by atoms with Crippen molar-refractivity contribution >= 4 is 16.7 Å². The van der Waals surface area contributed by atoms with E-state index < -0.39 is 5.97 Å². The number of carboxylic acids is 1. The van der Waals surface area contributed by atoms with Gasteiger partial charge in [0.25, 0.3) is 0 Å². The van der Waals surface area contributed by atoms with Gasteiger partial charge < -0.3 is 14.9 Å². The Hall–Kier alpha value is -2.07. The monoisotopic (exact) mass is 260 g/mol. The van der Waals surface area contributed by atoms with Crippen LogP contribution in [0.3, 0.4) is 0 Å². The molecular weight excluding hydrogens is 244 g/mol. The summed E-state index contributed by atoms with van der Waals surface area (Å²) in [5.74, 6) is -0.618. The number of aliphatic hydroxyl groups is 1. The number of hydrogen-bond acceptors (Lipinski definition) is 3. The van der Waals surface area contributed by atoms with Crippen LogP contribution < -0.4 is 4.74 Å². The maximum Gasteiger partial charge on any atom is 0.339 e. The molecule has 0 aliphatic rings. The van der Waals surface area contributed by atoms with Crippen LogP contribution in [-0.2, 0) is 0 Å². The highest BCUT2D eigenvalue weighted by Crippen LogP contribution is 2.26. The fourth-order valence-electron chi connectivity index (χ4n) is 1.90. The van der Waals surface area contributed by atoms with Gasteiger partial charge in [-0.2, -0.15) is 0 Å². The molecule has 0 saturated carbocycles. The van der Waals surface area contributed by atoms with Crippen molar-refractivity contribution in [3.05, 3.63) is 42.0 Å². The van der Waals surface area contributed by atoms with Gasteiger partial charge in [-0.3, -0.25) is 0 Å². The molecule has 0 aromatic heterocycles. The molecule has 0 fully saturated rings. The predicted octanol–water partition coefficient (Wildman–Crippen LogP) is 2.69. The van der Waals surface area contributed by atoms with Gasteiger partial charge in [0.05, 0.1) is 6.61 Å². The van der Waals surface area contributed by atoms with Crippen LogP contribution in [0.25, 0.3) is 10.8 Å². The minimum atomic E-state index is -0.997. The molecule has 0 aliphatic heterocycles. The first-order valence-corrected chi connectivity index (χ1v) is 6.22. The van der Waals surface area contributed by atoms with Crippen LogP contribution in [0.4, 0.5) is 0 Å². The number of aliphatic hydroxyl groups excluding tert-OH is 1. The smallest absolute Gasteiger partial charge is 0.339 e. The number of unbranched alkanes of at least 4 members (excludes halogenated alkanes) is 1. The van der Waals surface area contributed by atoms with Crippen molar-refractivity contribution in [3.8, 4) is 5.75 Å². The topological polar surface area (TPSA) is 66.8 Å². The lowest BCUT2D eigenvalue weighted by molar-refractivity contribution is 0.0692. The molecule has 0 unspecified atom stereocenters. The second-order valence-electron chi connectivity index (χ2n) is 4.28. The SMILES string of the molecule is O=C(O)c1cc2ccccc2cc1OCCCCO. The molecule has 4 heteroatoms. The summed E-state index contributed by atoms with van der Waals surface area (Å²) in [6.07, 6.45) is 1.35. The molecule has 4 nitrogen and oxygen atoms in total. The van der Waals surface area contributed by atoms with E-state index in [0.717, 1.165) is 10.8 Å². The molecule has 0 spiro atoms. The first kappa shape index (κ1) is 13.4. The van der Waals surface area contributed by atoms with E-state index in [9.17, 15) is 9.90 Å². The van der Waals surface area contributed by atoms with Crippen LogP contribution in [0.15, 0.2) is 36.4 Å². The normalized spacial score (nSPS) is 10.6. The Kier molecular flexibility index (Phi) is 4.36. The van der Waals surface area contributed by atoms with Crippen molar-refractivity contribution in [3.63, 3.8) is 0 Å². The largest absolute Gasteiger partial charge is 0.493 e. The lowest BCUT2D eigenvalue weighted by atomic mass is 10.1. The van der Waals surface area contributed by atoms with Gasteiger partial charge in [-0.1, -0.05) is 24.3 Å². The molecule has 0 bridgehead atoms. The van der Waals surface area contributed by atoms with E-state index in [1.807, 2.05) is 24.3 Å². The third-order valence-electron chi connectivity index (χ3n) is 2.89. The number of aromatic carboxylic acids is 1. The third-order valence-corrected chi connectivity index (χ3v) is 2.89. The van der Waals surface area contributed by atoms with Crippen molar-refractivity contribution in [2.75, 3.05) is 13.2 Å². The summed E-state index contributed by atoms with van der Waals surface area (Å²) in [7, 11) is 0. The predicted molar refractivity (Wildman–Crippen MR) is 72.7 cm³/mol. The number of benzene rings is 2. The van der Waals surface area contributed by atoms with E-state index in [1.54, 1.807) is 12.1 Å². The minimum absolute atomic E-state index is 0.118. The second-order valence-corrected chi connectivity index (χ2v) is 4.28. The Morgan fingerprint density at radius 2 is 1.79 bits per heavy atom. The zero-order valence-electron chi connectivity index (χ0n) is 10.5. The Bertz CT molecular complexity index is 577. The lowest BCUT2D eigenvalue weighted by Crippen LogP contribution is -2.05. The number of carboxylic acid groups (broad SMARTS) is 1. The van der Waals surface area contributed by atoms with Crippen LogP contribution in [-0.4, -0.2) is 29.4 Å². The Morgan fingerprint density at radius 1 is 1.11 bits per heavy atom. The fraction of sp³-hybridized carbons (Fsp3) is 0.267.